The van der Waals surface area contributed by atoms with Gasteiger partial charge in [-0.2, -0.15) is 0 Å². The zero-order valence-corrected chi connectivity index (χ0v) is 19.3. The molecular formula is C27H42ClN. The number of nitrogens with zero attached hydrogens (tertiary/aromatic N) is 1. The van der Waals surface area contributed by atoms with E-state index in [9.17, 15) is 0 Å². The smallest absolute Gasteiger partial charge is 0.0443 e. The second kappa shape index (κ2) is 11.2. The fraction of sp³-hybridized carbons (Fsp3) is 0.778. The predicted molar refractivity (Wildman–Crippen MR) is 126 cm³/mol. The zero-order chi connectivity index (χ0) is 19.9. The first-order valence-electron chi connectivity index (χ1n) is 12.9. The van der Waals surface area contributed by atoms with Gasteiger partial charge in [0.2, 0.25) is 0 Å². The summed E-state index contributed by atoms with van der Waals surface area (Å²) in [5.74, 6) is 0.707. The molecule has 0 aromatic heterocycles. The fourth-order valence-electron chi connectivity index (χ4n) is 6.43. The van der Waals surface area contributed by atoms with E-state index < -0.39 is 0 Å². The van der Waals surface area contributed by atoms with Crippen LogP contribution in [-0.4, -0.2) is 23.5 Å². The molecule has 29 heavy (non-hydrogen) atoms. The minimum absolute atomic E-state index is 0.707. The van der Waals surface area contributed by atoms with Gasteiger partial charge in [0, 0.05) is 17.1 Å². The van der Waals surface area contributed by atoms with Crippen LogP contribution in [0.25, 0.3) is 0 Å². The molecule has 1 aromatic rings. The van der Waals surface area contributed by atoms with Crippen molar-refractivity contribution < 1.29 is 0 Å². The van der Waals surface area contributed by atoms with Crippen LogP contribution in [0.1, 0.15) is 120 Å². The molecule has 0 atom stereocenters. The van der Waals surface area contributed by atoms with Crippen molar-refractivity contribution in [2.45, 2.75) is 127 Å². The molecule has 0 bridgehead atoms. The Balaban J connectivity index is 1.33. The van der Waals surface area contributed by atoms with E-state index in [1.807, 2.05) is 0 Å². The molecule has 3 saturated carbocycles. The molecule has 0 amide bonds. The maximum atomic E-state index is 6.74. The molecule has 3 aliphatic carbocycles. The number of rotatable bonds is 7. The first-order valence-corrected chi connectivity index (χ1v) is 13.2. The van der Waals surface area contributed by atoms with Crippen LogP contribution in [0.5, 0.6) is 0 Å². The fourth-order valence-corrected chi connectivity index (χ4v) is 6.78. The van der Waals surface area contributed by atoms with Gasteiger partial charge in [-0.25, -0.2) is 0 Å². The van der Waals surface area contributed by atoms with Gasteiger partial charge in [0.1, 0.15) is 0 Å². The normalized spacial score (nSPS) is 23.0. The van der Waals surface area contributed by atoms with Crippen LogP contribution >= 0.6 is 11.6 Å². The van der Waals surface area contributed by atoms with Crippen LogP contribution in [0, 0.1) is 0 Å². The third kappa shape index (κ3) is 6.01. The van der Waals surface area contributed by atoms with Gasteiger partial charge in [0.15, 0.2) is 0 Å². The van der Waals surface area contributed by atoms with E-state index in [2.05, 4.69) is 23.1 Å². The van der Waals surface area contributed by atoms with Gasteiger partial charge in [-0.3, -0.25) is 4.90 Å². The van der Waals surface area contributed by atoms with Crippen LogP contribution in [0.3, 0.4) is 0 Å². The summed E-state index contributed by atoms with van der Waals surface area (Å²) in [6.45, 7) is 1.29. The summed E-state index contributed by atoms with van der Waals surface area (Å²) in [6, 6.07) is 8.75. The molecule has 2 heteroatoms. The van der Waals surface area contributed by atoms with E-state index in [4.69, 9.17) is 11.6 Å². The van der Waals surface area contributed by atoms with Gasteiger partial charge >= 0.3 is 0 Å². The average molecular weight is 416 g/mol. The summed E-state index contributed by atoms with van der Waals surface area (Å²) in [5.41, 5.74) is 2.86. The van der Waals surface area contributed by atoms with E-state index in [-0.39, 0.29) is 0 Å². The molecule has 3 aliphatic rings. The molecule has 1 nitrogen and oxygen atoms in total. The van der Waals surface area contributed by atoms with E-state index in [0.29, 0.717) is 5.92 Å². The predicted octanol–water partition coefficient (Wildman–Crippen LogP) is 8.29. The first kappa shape index (κ1) is 21.7. The van der Waals surface area contributed by atoms with Gasteiger partial charge in [-0.1, -0.05) is 81.5 Å². The van der Waals surface area contributed by atoms with E-state index in [0.717, 1.165) is 17.1 Å². The Morgan fingerprint density at radius 1 is 0.724 bits per heavy atom. The topological polar surface area (TPSA) is 3.24 Å². The lowest BCUT2D eigenvalue weighted by Gasteiger charge is -2.41. The molecule has 0 aliphatic heterocycles. The van der Waals surface area contributed by atoms with Crippen molar-refractivity contribution in [3.63, 3.8) is 0 Å². The highest BCUT2D eigenvalue weighted by atomic mass is 35.5. The highest BCUT2D eigenvalue weighted by Crippen LogP contribution is 2.37. The molecule has 162 valence electrons. The van der Waals surface area contributed by atoms with Crippen LogP contribution < -0.4 is 0 Å². The molecule has 3 fully saturated rings. The van der Waals surface area contributed by atoms with Gasteiger partial charge in [-0.15, -0.1) is 0 Å². The summed E-state index contributed by atoms with van der Waals surface area (Å²) in [4.78, 5) is 2.95. The summed E-state index contributed by atoms with van der Waals surface area (Å²) in [6.07, 6.45) is 23.8. The Morgan fingerprint density at radius 3 is 1.83 bits per heavy atom. The molecule has 0 saturated heterocycles. The Hall–Kier alpha value is -0.530. The molecule has 0 spiro atoms. The monoisotopic (exact) mass is 415 g/mol. The average Bonchev–Trinajstić information content (AvgIpc) is 2.79. The third-order valence-electron chi connectivity index (χ3n) is 8.08. The molecule has 0 N–H and O–H groups in total. The number of hydrogen-bond acceptors (Lipinski definition) is 1. The standard InChI is InChI=1S/C27H42ClN/c28-27-21-22(18-19-26(27)23-12-4-1-5-13-23)11-10-20-29(24-14-6-2-7-15-24)25-16-8-3-9-17-25/h18-19,21,23-25H,1-17,20H2. The van der Waals surface area contributed by atoms with Crippen molar-refractivity contribution in [2.75, 3.05) is 6.54 Å². The van der Waals surface area contributed by atoms with Crippen molar-refractivity contribution in [1.82, 2.24) is 4.90 Å². The van der Waals surface area contributed by atoms with Gasteiger partial charge in [0.05, 0.1) is 0 Å². The summed E-state index contributed by atoms with van der Waals surface area (Å²) < 4.78 is 0. The Labute approximate surface area is 184 Å². The van der Waals surface area contributed by atoms with E-state index in [1.165, 1.54) is 127 Å². The van der Waals surface area contributed by atoms with Crippen molar-refractivity contribution in [1.29, 1.82) is 0 Å². The summed E-state index contributed by atoms with van der Waals surface area (Å²) >= 11 is 6.74. The van der Waals surface area contributed by atoms with E-state index >= 15 is 0 Å². The number of aryl methyl sites for hydroxylation is 1. The molecule has 0 heterocycles. The highest BCUT2D eigenvalue weighted by molar-refractivity contribution is 6.31. The lowest BCUT2D eigenvalue weighted by molar-refractivity contribution is 0.0797. The number of benzene rings is 1. The van der Waals surface area contributed by atoms with Crippen molar-refractivity contribution in [3.05, 3.63) is 34.3 Å². The maximum absolute atomic E-state index is 6.74. The largest absolute Gasteiger partial charge is 0.297 e. The molecule has 0 radical (unpaired) electrons. The quantitative estimate of drug-likeness (QED) is 0.432. The van der Waals surface area contributed by atoms with Crippen LogP contribution in [0.4, 0.5) is 0 Å². The van der Waals surface area contributed by atoms with Crippen molar-refractivity contribution in [2.24, 2.45) is 0 Å². The number of halogens is 1. The number of hydrogen-bond donors (Lipinski definition) is 0. The van der Waals surface area contributed by atoms with Crippen molar-refractivity contribution in [3.8, 4) is 0 Å². The second-order valence-electron chi connectivity index (χ2n) is 10.1. The van der Waals surface area contributed by atoms with Gasteiger partial charge < -0.3 is 0 Å². The first-order chi connectivity index (χ1) is 14.3. The minimum Gasteiger partial charge on any atom is -0.297 e. The highest BCUT2D eigenvalue weighted by Gasteiger charge is 2.28. The maximum Gasteiger partial charge on any atom is 0.0443 e. The Kier molecular flexibility index (Phi) is 8.37. The molecule has 1 aromatic carbocycles. The Bertz CT molecular complexity index is 591. The van der Waals surface area contributed by atoms with Crippen LogP contribution in [0.2, 0.25) is 5.02 Å². The molecular weight excluding hydrogens is 374 g/mol. The van der Waals surface area contributed by atoms with Gasteiger partial charge in [0.25, 0.3) is 0 Å². The zero-order valence-electron chi connectivity index (χ0n) is 18.5. The second-order valence-corrected chi connectivity index (χ2v) is 10.5. The van der Waals surface area contributed by atoms with Gasteiger partial charge in [-0.05, 0) is 81.0 Å². The van der Waals surface area contributed by atoms with Crippen LogP contribution in [0.15, 0.2) is 18.2 Å². The summed E-state index contributed by atoms with van der Waals surface area (Å²) in [7, 11) is 0. The summed E-state index contributed by atoms with van der Waals surface area (Å²) in [5, 5.41) is 1.03. The molecule has 0 unspecified atom stereocenters. The lowest BCUT2D eigenvalue weighted by atomic mass is 9.83. The molecule has 4 rings (SSSR count). The lowest BCUT2D eigenvalue weighted by Crippen LogP contribution is -2.45. The minimum atomic E-state index is 0.707. The Morgan fingerprint density at radius 2 is 1.28 bits per heavy atom. The van der Waals surface area contributed by atoms with Crippen LogP contribution in [-0.2, 0) is 6.42 Å². The SMILES string of the molecule is Clc1cc(CCCN(C2CCCCC2)C2CCCCC2)ccc1C1CCCCC1. The third-order valence-corrected chi connectivity index (χ3v) is 8.41. The van der Waals surface area contributed by atoms with E-state index in [1.54, 1.807) is 0 Å². The van der Waals surface area contributed by atoms with Crippen molar-refractivity contribution >= 4 is 11.6 Å².